The van der Waals surface area contributed by atoms with Gasteiger partial charge in [-0.25, -0.2) is 4.90 Å². The minimum atomic E-state index is -0.348. The van der Waals surface area contributed by atoms with Crippen molar-refractivity contribution in [1.29, 1.82) is 0 Å². The molecule has 1 atom stereocenters. The fourth-order valence-electron chi connectivity index (χ4n) is 3.93. The minimum Gasteiger partial charge on any atom is -0.506 e. The van der Waals surface area contributed by atoms with E-state index in [0.29, 0.717) is 10.7 Å². The van der Waals surface area contributed by atoms with Gasteiger partial charge in [0, 0.05) is 5.02 Å². The molecule has 0 radical (unpaired) electrons. The van der Waals surface area contributed by atoms with E-state index in [4.69, 9.17) is 11.6 Å². The molecule has 0 aromatic heterocycles. The molecule has 2 aliphatic heterocycles. The number of aromatic hydroxyl groups is 1. The number of quaternary nitrogens is 1. The maximum absolute atomic E-state index is 12.9. The van der Waals surface area contributed by atoms with Gasteiger partial charge in [-0.2, -0.15) is 0 Å². The molecule has 2 aromatic carbocycles. The summed E-state index contributed by atoms with van der Waals surface area (Å²) in [5, 5.41) is 10.6. The first-order valence-corrected chi connectivity index (χ1v) is 9.42. The summed E-state index contributed by atoms with van der Waals surface area (Å²) in [6.45, 7) is 2.94. The fraction of sp³-hybridized carbons (Fsp3) is 0.300. The number of amides is 2. The zero-order valence-electron chi connectivity index (χ0n) is 14.8. The smallest absolute Gasteiger partial charge is 0.292 e. The second-order valence-corrected chi connectivity index (χ2v) is 7.37. The Morgan fingerprint density at radius 2 is 1.67 bits per heavy atom. The molecule has 2 amide bonds. The molecule has 0 saturated carbocycles. The van der Waals surface area contributed by atoms with E-state index in [2.05, 4.69) is 4.90 Å². The molecular formula is C20H21ClN3O3+. The van der Waals surface area contributed by atoms with Crippen LogP contribution in [-0.2, 0) is 9.59 Å². The molecule has 2 N–H and O–H groups in total. The molecule has 0 unspecified atom stereocenters. The highest BCUT2D eigenvalue weighted by atomic mass is 35.5. The predicted octanol–water partition coefficient (Wildman–Crippen LogP) is 1.08. The minimum absolute atomic E-state index is 0.145. The molecule has 2 fully saturated rings. The number of phenols is 1. The van der Waals surface area contributed by atoms with Crippen LogP contribution in [0.4, 0.5) is 11.4 Å². The molecule has 0 aliphatic carbocycles. The fourth-order valence-corrected chi connectivity index (χ4v) is 4.05. The van der Waals surface area contributed by atoms with E-state index >= 15 is 0 Å². The van der Waals surface area contributed by atoms with Crippen molar-refractivity contribution in [2.45, 2.75) is 12.5 Å². The highest BCUT2D eigenvalue weighted by Gasteiger charge is 2.46. The van der Waals surface area contributed by atoms with Crippen LogP contribution >= 0.6 is 11.6 Å². The highest BCUT2D eigenvalue weighted by molar-refractivity contribution is 6.30. The molecule has 2 saturated heterocycles. The van der Waals surface area contributed by atoms with Crippen molar-refractivity contribution in [1.82, 2.24) is 0 Å². The number of phenolic OH excluding ortho intramolecular Hbond substituents is 1. The molecule has 2 heterocycles. The number of para-hydroxylation sites is 2. The van der Waals surface area contributed by atoms with E-state index in [9.17, 15) is 14.7 Å². The van der Waals surface area contributed by atoms with Crippen molar-refractivity contribution < 1.29 is 19.6 Å². The average Bonchev–Trinajstić information content (AvgIpc) is 2.97. The third-order valence-corrected chi connectivity index (χ3v) is 5.60. The van der Waals surface area contributed by atoms with Crippen LogP contribution < -0.4 is 14.7 Å². The summed E-state index contributed by atoms with van der Waals surface area (Å²) in [6.07, 6.45) is 0.230. The number of imide groups is 1. The molecule has 7 heteroatoms. The van der Waals surface area contributed by atoms with Crippen molar-refractivity contribution in [2.24, 2.45) is 0 Å². The second-order valence-electron chi connectivity index (χ2n) is 6.93. The van der Waals surface area contributed by atoms with Gasteiger partial charge in [-0.15, -0.1) is 0 Å². The molecule has 27 heavy (non-hydrogen) atoms. The van der Waals surface area contributed by atoms with Crippen molar-refractivity contribution in [3.05, 3.63) is 53.6 Å². The number of nitrogens with zero attached hydrogens (tertiary/aromatic N) is 2. The van der Waals surface area contributed by atoms with Gasteiger partial charge < -0.3 is 14.9 Å². The van der Waals surface area contributed by atoms with Crippen molar-refractivity contribution in [2.75, 3.05) is 36.0 Å². The predicted molar refractivity (Wildman–Crippen MR) is 103 cm³/mol. The first-order chi connectivity index (χ1) is 13.0. The van der Waals surface area contributed by atoms with Gasteiger partial charge in [0.2, 0.25) is 5.91 Å². The lowest BCUT2D eigenvalue weighted by atomic mass is 10.1. The van der Waals surface area contributed by atoms with Gasteiger partial charge in [0.15, 0.2) is 6.04 Å². The van der Waals surface area contributed by atoms with Gasteiger partial charge in [0.25, 0.3) is 5.91 Å². The monoisotopic (exact) mass is 386 g/mol. The van der Waals surface area contributed by atoms with E-state index in [-0.39, 0.29) is 30.0 Å². The topological polar surface area (TPSA) is 65.3 Å². The third kappa shape index (κ3) is 3.38. The SMILES string of the molecule is O=C1C[C@H]([NH+]2CCN(c3ccccc3O)CC2)C(=O)N1c1ccc(Cl)cc1. The number of hydrogen-bond acceptors (Lipinski definition) is 4. The van der Waals surface area contributed by atoms with Crippen LogP contribution in [0.2, 0.25) is 5.02 Å². The Hall–Kier alpha value is -2.57. The first kappa shape index (κ1) is 17.8. The zero-order valence-corrected chi connectivity index (χ0v) is 15.5. The van der Waals surface area contributed by atoms with Gasteiger partial charge >= 0.3 is 0 Å². The number of halogens is 1. The highest BCUT2D eigenvalue weighted by Crippen LogP contribution is 2.27. The lowest BCUT2D eigenvalue weighted by Gasteiger charge is -2.35. The summed E-state index contributed by atoms with van der Waals surface area (Å²) in [5.41, 5.74) is 1.39. The molecule has 6 nitrogen and oxygen atoms in total. The Morgan fingerprint density at radius 3 is 2.33 bits per heavy atom. The van der Waals surface area contributed by atoms with Crippen LogP contribution in [0.15, 0.2) is 48.5 Å². The summed E-state index contributed by atoms with van der Waals surface area (Å²) >= 11 is 5.90. The second kappa shape index (κ2) is 7.21. The van der Waals surface area contributed by atoms with Gasteiger partial charge in [-0.3, -0.25) is 9.59 Å². The Morgan fingerprint density at radius 1 is 1.00 bits per heavy atom. The Kier molecular flexibility index (Phi) is 4.76. The molecule has 140 valence electrons. The van der Waals surface area contributed by atoms with E-state index in [1.165, 1.54) is 4.90 Å². The Bertz CT molecular complexity index is 863. The van der Waals surface area contributed by atoms with Gasteiger partial charge in [0.05, 0.1) is 44.0 Å². The maximum Gasteiger partial charge on any atom is 0.292 e. The van der Waals surface area contributed by atoms with E-state index in [0.717, 1.165) is 36.8 Å². The summed E-state index contributed by atoms with van der Waals surface area (Å²) in [6, 6.07) is 13.7. The zero-order chi connectivity index (χ0) is 19.0. The molecule has 2 aromatic rings. The molecule has 4 rings (SSSR count). The number of nitrogens with one attached hydrogen (secondary N) is 1. The number of anilines is 2. The number of benzene rings is 2. The average molecular weight is 387 g/mol. The van der Waals surface area contributed by atoms with Crippen LogP contribution in [0, 0.1) is 0 Å². The quantitative estimate of drug-likeness (QED) is 0.775. The lowest BCUT2D eigenvalue weighted by Crippen LogP contribution is -3.19. The number of carbonyl (C=O) groups excluding carboxylic acids is 2. The number of piperazine rings is 1. The third-order valence-electron chi connectivity index (χ3n) is 5.35. The normalized spacial score (nSPS) is 21.1. The van der Waals surface area contributed by atoms with Crippen LogP contribution in [-0.4, -0.2) is 49.1 Å². The number of carbonyl (C=O) groups is 2. The van der Waals surface area contributed by atoms with Gasteiger partial charge in [-0.05, 0) is 36.4 Å². The Labute approximate surface area is 162 Å². The van der Waals surface area contributed by atoms with E-state index in [1.54, 1.807) is 36.4 Å². The summed E-state index contributed by atoms with van der Waals surface area (Å²) < 4.78 is 0. The standard InChI is InChI=1S/C20H20ClN3O3/c21-14-5-7-15(8-6-14)24-19(26)13-17(20(24)27)23-11-9-22(10-12-23)16-3-1-2-4-18(16)25/h1-8,17,25H,9-13H2/p+1/t17-/m0/s1. The molecular weight excluding hydrogens is 366 g/mol. The summed E-state index contributed by atoms with van der Waals surface area (Å²) in [4.78, 5) is 29.9. The van der Waals surface area contributed by atoms with E-state index < -0.39 is 0 Å². The van der Waals surface area contributed by atoms with Gasteiger partial charge in [0.1, 0.15) is 5.75 Å². The molecule has 0 spiro atoms. The first-order valence-electron chi connectivity index (χ1n) is 9.04. The summed E-state index contributed by atoms with van der Waals surface area (Å²) in [7, 11) is 0. The van der Waals surface area contributed by atoms with Crippen LogP contribution in [0.5, 0.6) is 5.75 Å². The van der Waals surface area contributed by atoms with Crippen LogP contribution in [0.1, 0.15) is 6.42 Å². The maximum atomic E-state index is 12.9. The van der Waals surface area contributed by atoms with Crippen LogP contribution in [0.3, 0.4) is 0 Å². The Balaban J connectivity index is 1.44. The van der Waals surface area contributed by atoms with Crippen LogP contribution in [0.25, 0.3) is 0 Å². The van der Waals surface area contributed by atoms with Crippen molar-refractivity contribution in [3.8, 4) is 5.75 Å². The lowest BCUT2D eigenvalue weighted by molar-refractivity contribution is -0.915. The molecule has 2 aliphatic rings. The van der Waals surface area contributed by atoms with Crippen molar-refractivity contribution in [3.63, 3.8) is 0 Å². The number of hydrogen-bond donors (Lipinski definition) is 2. The van der Waals surface area contributed by atoms with Crippen molar-refractivity contribution >= 4 is 34.8 Å². The summed E-state index contributed by atoms with van der Waals surface area (Å²) in [5.74, 6) is -0.0433. The number of rotatable bonds is 3. The molecule has 0 bridgehead atoms. The van der Waals surface area contributed by atoms with E-state index in [1.807, 2.05) is 12.1 Å². The van der Waals surface area contributed by atoms with Gasteiger partial charge in [-0.1, -0.05) is 23.7 Å². The largest absolute Gasteiger partial charge is 0.506 e.